The fourth-order valence-corrected chi connectivity index (χ4v) is 6.18. The highest BCUT2D eigenvalue weighted by atomic mass is 32.1. The predicted molar refractivity (Wildman–Crippen MR) is 138 cm³/mol. The number of carbonyl (C=O) groups excluding carboxylic acids is 2. The first kappa shape index (κ1) is 23.5. The number of amides is 1. The van der Waals surface area contributed by atoms with E-state index >= 15 is 0 Å². The summed E-state index contributed by atoms with van der Waals surface area (Å²) in [6.45, 7) is 8.75. The Bertz CT molecular complexity index is 1210. The third kappa shape index (κ3) is 4.69. The van der Waals surface area contributed by atoms with Gasteiger partial charge in [0.25, 0.3) is 5.91 Å². The van der Waals surface area contributed by atoms with Crippen LogP contribution in [0.4, 0.5) is 11.5 Å². The van der Waals surface area contributed by atoms with Crippen molar-refractivity contribution in [3.05, 3.63) is 47.1 Å². The number of benzene rings is 1. The summed E-state index contributed by atoms with van der Waals surface area (Å²) >= 11 is 1.43. The number of ether oxygens (including phenoxy) is 1. The maximum atomic E-state index is 13.5. The first-order valence-corrected chi connectivity index (χ1v) is 13.1. The zero-order valence-corrected chi connectivity index (χ0v) is 21.1. The third-order valence-corrected chi connectivity index (χ3v) is 8.12. The lowest BCUT2D eigenvalue weighted by Gasteiger charge is -2.37. The molecule has 1 atom stereocenters. The fourth-order valence-electron chi connectivity index (χ4n) is 5.07. The quantitative estimate of drug-likeness (QED) is 0.501. The average Bonchev–Trinajstić information content (AvgIpc) is 3.25. The summed E-state index contributed by atoms with van der Waals surface area (Å²) in [5.41, 5.74) is 2.16. The van der Waals surface area contributed by atoms with E-state index < -0.39 is 0 Å². The summed E-state index contributed by atoms with van der Waals surface area (Å²) in [5, 5.41) is 0.966. The van der Waals surface area contributed by atoms with Gasteiger partial charge in [-0.3, -0.25) is 9.59 Å². The first-order valence-electron chi connectivity index (χ1n) is 12.3. The van der Waals surface area contributed by atoms with E-state index in [2.05, 4.69) is 44.0 Å². The van der Waals surface area contributed by atoms with Crippen molar-refractivity contribution >= 4 is 44.9 Å². The van der Waals surface area contributed by atoms with Crippen LogP contribution in [0.1, 0.15) is 35.0 Å². The van der Waals surface area contributed by atoms with Crippen LogP contribution in [0.3, 0.4) is 0 Å². The number of aromatic nitrogens is 2. The number of thiophene rings is 1. The van der Waals surface area contributed by atoms with Gasteiger partial charge in [0.1, 0.15) is 17.0 Å². The number of hydrogen-bond donors (Lipinski definition) is 0. The van der Waals surface area contributed by atoms with Gasteiger partial charge < -0.3 is 19.4 Å². The monoisotopic (exact) mass is 493 g/mol. The summed E-state index contributed by atoms with van der Waals surface area (Å²) in [5.74, 6) is 0.414. The Morgan fingerprint density at radius 2 is 1.80 bits per heavy atom. The van der Waals surface area contributed by atoms with E-state index in [-0.39, 0.29) is 17.8 Å². The summed E-state index contributed by atoms with van der Waals surface area (Å²) in [6, 6.07) is 10.5. The van der Waals surface area contributed by atoms with Crippen LogP contribution in [-0.2, 0) is 9.53 Å². The van der Waals surface area contributed by atoms with Gasteiger partial charge in [-0.15, -0.1) is 11.3 Å². The van der Waals surface area contributed by atoms with E-state index in [1.165, 1.54) is 17.0 Å². The number of anilines is 2. The second-order valence-corrected chi connectivity index (χ2v) is 10.1. The van der Waals surface area contributed by atoms with Crippen LogP contribution in [0, 0.1) is 12.8 Å². The van der Waals surface area contributed by atoms with E-state index in [0.717, 1.165) is 60.6 Å². The topological polar surface area (TPSA) is 78.9 Å². The number of esters is 1. The van der Waals surface area contributed by atoms with Crippen molar-refractivity contribution in [3.63, 3.8) is 0 Å². The van der Waals surface area contributed by atoms with Crippen LogP contribution in [0.15, 0.2) is 36.7 Å². The molecule has 2 saturated heterocycles. The molecule has 2 aliphatic heterocycles. The van der Waals surface area contributed by atoms with Gasteiger partial charge in [-0.25, -0.2) is 9.97 Å². The molecule has 3 aromatic rings. The molecule has 0 unspecified atom stereocenters. The number of piperazine rings is 1. The van der Waals surface area contributed by atoms with E-state index in [1.807, 2.05) is 19.9 Å². The number of piperidine rings is 1. The molecule has 35 heavy (non-hydrogen) atoms. The second-order valence-electron chi connectivity index (χ2n) is 9.09. The molecule has 9 heteroatoms. The molecule has 0 aliphatic carbocycles. The molecule has 0 bridgehead atoms. The number of fused-ring (bicyclic) bond motifs is 1. The molecular weight excluding hydrogens is 462 g/mol. The largest absolute Gasteiger partial charge is 0.466 e. The number of carbonyl (C=O) groups is 2. The fraction of sp³-hybridized carbons (Fsp3) is 0.462. The van der Waals surface area contributed by atoms with Crippen LogP contribution in [0.25, 0.3) is 10.2 Å². The maximum Gasteiger partial charge on any atom is 0.310 e. The van der Waals surface area contributed by atoms with Crippen LogP contribution in [0.5, 0.6) is 0 Å². The first-order chi connectivity index (χ1) is 17.1. The van der Waals surface area contributed by atoms with Gasteiger partial charge in [0.15, 0.2) is 0 Å². The van der Waals surface area contributed by atoms with Crippen molar-refractivity contribution in [2.45, 2.75) is 26.7 Å². The highest BCUT2D eigenvalue weighted by Gasteiger charge is 2.32. The average molecular weight is 494 g/mol. The molecule has 0 spiro atoms. The molecule has 0 radical (unpaired) electrons. The van der Waals surface area contributed by atoms with Crippen molar-refractivity contribution in [1.82, 2.24) is 14.9 Å². The second kappa shape index (κ2) is 10.2. The van der Waals surface area contributed by atoms with E-state index in [1.54, 1.807) is 11.2 Å². The lowest BCUT2D eigenvalue weighted by Crippen LogP contribution is -2.46. The van der Waals surface area contributed by atoms with Crippen molar-refractivity contribution in [1.29, 1.82) is 0 Å². The molecule has 8 nitrogen and oxygen atoms in total. The standard InChI is InChI=1S/C26H31N5O3S/c1-3-34-26(33)19-8-7-11-31(16-19)25(32)22-18(2)21-23(27-17-28-24(21)35-22)30-14-12-29(13-15-30)20-9-5-4-6-10-20/h4-6,9-10,17,19H,3,7-8,11-16H2,1-2H3/t19-/m1/s1. The van der Waals surface area contributed by atoms with Crippen LogP contribution >= 0.6 is 11.3 Å². The molecule has 2 aliphatic rings. The van der Waals surface area contributed by atoms with Crippen LogP contribution in [-0.4, -0.2) is 72.6 Å². The van der Waals surface area contributed by atoms with Gasteiger partial charge in [0, 0.05) is 45.0 Å². The molecule has 1 amide bonds. The molecule has 184 valence electrons. The predicted octanol–water partition coefficient (Wildman–Crippen LogP) is 3.74. The molecule has 0 saturated carbocycles. The van der Waals surface area contributed by atoms with Crippen LogP contribution in [0.2, 0.25) is 0 Å². The number of hydrogen-bond acceptors (Lipinski definition) is 8. The highest BCUT2D eigenvalue weighted by molar-refractivity contribution is 7.20. The zero-order valence-electron chi connectivity index (χ0n) is 20.3. The minimum absolute atomic E-state index is 0.0284. The van der Waals surface area contributed by atoms with Gasteiger partial charge in [-0.2, -0.15) is 0 Å². The summed E-state index contributed by atoms with van der Waals surface area (Å²) in [4.78, 5) is 42.9. The van der Waals surface area contributed by atoms with Gasteiger partial charge >= 0.3 is 5.97 Å². The number of likely N-dealkylation sites (tertiary alicyclic amines) is 1. The number of aryl methyl sites for hydroxylation is 1. The Morgan fingerprint density at radius 1 is 1.06 bits per heavy atom. The minimum Gasteiger partial charge on any atom is -0.466 e. The smallest absolute Gasteiger partial charge is 0.310 e. The van der Waals surface area contributed by atoms with E-state index in [9.17, 15) is 9.59 Å². The van der Waals surface area contributed by atoms with Gasteiger partial charge in [-0.1, -0.05) is 18.2 Å². The normalized spacial score (nSPS) is 18.7. The minimum atomic E-state index is -0.251. The lowest BCUT2D eigenvalue weighted by molar-refractivity contribution is -0.149. The third-order valence-electron chi connectivity index (χ3n) is 6.93. The molecule has 0 N–H and O–H groups in total. The lowest BCUT2D eigenvalue weighted by atomic mass is 9.98. The molecule has 4 heterocycles. The number of rotatable bonds is 5. The Hall–Kier alpha value is -3.20. The SMILES string of the molecule is CCOC(=O)[C@@H]1CCCN(C(=O)c2sc3ncnc(N4CCN(c5ccccc5)CC4)c3c2C)C1. The van der Waals surface area contributed by atoms with Gasteiger partial charge in [0.2, 0.25) is 0 Å². The molecule has 2 fully saturated rings. The van der Waals surface area contributed by atoms with Crippen molar-refractivity contribution < 1.29 is 14.3 Å². The highest BCUT2D eigenvalue weighted by Crippen LogP contribution is 2.36. The molecule has 1 aromatic carbocycles. The molecular formula is C26H31N5O3S. The van der Waals surface area contributed by atoms with E-state index in [4.69, 9.17) is 4.74 Å². The van der Waals surface area contributed by atoms with Crippen molar-refractivity contribution in [2.75, 3.05) is 55.7 Å². The molecule has 2 aromatic heterocycles. The number of para-hydroxylation sites is 1. The Balaban J connectivity index is 1.35. The summed E-state index contributed by atoms with van der Waals surface area (Å²) in [7, 11) is 0. The Morgan fingerprint density at radius 3 is 2.54 bits per heavy atom. The van der Waals surface area contributed by atoms with E-state index in [0.29, 0.717) is 24.6 Å². The summed E-state index contributed by atoms with van der Waals surface area (Å²) in [6.07, 6.45) is 3.16. The Kier molecular flexibility index (Phi) is 6.86. The van der Waals surface area contributed by atoms with Crippen molar-refractivity contribution in [3.8, 4) is 0 Å². The van der Waals surface area contributed by atoms with Crippen molar-refractivity contribution in [2.24, 2.45) is 5.92 Å². The van der Waals surface area contributed by atoms with Gasteiger partial charge in [0.05, 0.1) is 22.8 Å². The Labute approximate surface area is 209 Å². The van der Waals surface area contributed by atoms with Gasteiger partial charge in [-0.05, 0) is 44.4 Å². The zero-order chi connectivity index (χ0) is 24.4. The van der Waals surface area contributed by atoms with Crippen LogP contribution < -0.4 is 9.80 Å². The summed E-state index contributed by atoms with van der Waals surface area (Å²) < 4.78 is 5.20. The molecule has 5 rings (SSSR count). The number of nitrogens with zero attached hydrogens (tertiary/aromatic N) is 5. The maximum absolute atomic E-state index is 13.5.